The molecule has 0 spiro atoms. The number of aliphatic hydroxyl groups is 1. The number of nitrogens with two attached hydrogens (primary N) is 1. The number of hydrogen-bond acceptors (Lipinski definition) is 12. The van der Waals surface area contributed by atoms with Gasteiger partial charge in [0.1, 0.15) is 52.3 Å². The summed E-state index contributed by atoms with van der Waals surface area (Å²) in [5.74, 6) is -0.599. The van der Waals surface area contributed by atoms with Gasteiger partial charge in [0.15, 0.2) is 5.43 Å². The van der Waals surface area contributed by atoms with Crippen molar-refractivity contribution >= 4 is 16.9 Å². The zero-order valence-electron chi connectivity index (χ0n) is 30.5. The minimum absolute atomic E-state index is 0.0140. The van der Waals surface area contributed by atoms with Gasteiger partial charge in [-0.15, -0.1) is 0 Å². The Balaban J connectivity index is 1.56. The number of phenolic OH excluding ortho intramolecular Hbond substituents is 2. The van der Waals surface area contributed by atoms with Gasteiger partial charge in [-0.3, -0.25) is 10.1 Å². The molecule has 0 saturated heterocycles. The number of carbonyl (C=O) groups is 1. The number of likely N-dealkylation sites (N-methyl/N-ethyl adjacent to an activating group) is 1. The van der Waals surface area contributed by atoms with Crippen LogP contribution in [0.2, 0.25) is 0 Å². The fourth-order valence-corrected chi connectivity index (χ4v) is 7.14. The molecule has 0 radical (unpaired) electrons. The normalized spacial score (nSPS) is 21.7. The second kappa shape index (κ2) is 15.6. The van der Waals surface area contributed by atoms with Crippen molar-refractivity contribution in [2.75, 3.05) is 13.1 Å². The molecule has 6 rings (SSSR count). The number of aromatic hydroxyl groups is 2. The van der Waals surface area contributed by atoms with Gasteiger partial charge in [0, 0.05) is 47.8 Å². The van der Waals surface area contributed by atoms with Crippen LogP contribution in [0.25, 0.3) is 11.0 Å². The summed E-state index contributed by atoms with van der Waals surface area (Å²) in [4.78, 5) is 27.1. The highest BCUT2D eigenvalue weighted by Crippen LogP contribution is 2.51. The maximum absolute atomic E-state index is 13.8. The van der Waals surface area contributed by atoms with E-state index in [1.54, 1.807) is 44.2 Å². The molecule has 3 aliphatic heterocycles. The van der Waals surface area contributed by atoms with Crippen molar-refractivity contribution < 1.29 is 34.0 Å². The first-order valence-corrected chi connectivity index (χ1v) is 18.0. The second-order valence-electron chi connectivity index (χ2n) is 13.9. The number of fused-ring (bicyclic) bond motifs is 2. The van der Waals surface area contributed by atoms with Crippen LogP contribution in [-0.4, -0.2) is 52.2 Å². The lowest BCUT2D eigenvalue weighted by Gasteiger charge is -2.43. The number of carbonyl (C=O) groups excluding carboxylic acids is 1. The number of hydrogen-bond donors (Lipinski definition) is 7. The highest BCUT2D eigenvalue weighted by Gasteiger charge is 2.47. The van der Waals surface area contributed by atoms with Crippen molar-refractivity contribution in [1.29, 1.82) is 0 Å². The molecule has 12 heteroatoms. The highest BCUT2D eigenvalue weighted by atomic mass is 16.6. The summed E-state index contributed by atoms with van der Waals surface area (Å²) in [5, 5.41) is 42.2. The fraction of sp³-hybridized carbons (Fsp3) is 0.366. The number of dihydropyridines is 2. The van der Waals surface area contributed by atoms with Gasteiger partial charge in [-0.2, -0.15) is 0 Å². The Kier molecular flexibility index (Phi) is 11.0. The van der Waals surface area contributed by atoms with Crippen LogP contribution >= 0.6 is 0 Å². The van der Waals surface area contributed by atoms with Crippen molar-refractivity contribution in [1.82, 2.24) is 16.0 Å². The molecular formula is C41H48N4O8. The topological polar surface area (TPSA) is 189 Å². The number of aliphatic hydroxyl groups excluding tert-OH is 1. The molecule has 2 aromatic carbocycles. The van der Waals surface area contributed by atoms with E-state index in [9.17, 15) is 24.9 Å². The lowest BCUT2D eigenvalue weighted by atomic mass is 9.78. The van der Waals surface area contributed by atoms with Crippen LogP contribution in [0.5, 0.6) is 17.2 Å². The van der Waals surface area contributed by atoms with Crippen molar-refractivity contribution in [3.8, 4) is 17.2 Å². The fourth-order valence-electron chi connectivity index (χ4n) is 7.14. The van der Waals surface area contributed by atoms with E-state index < -0.39 is 35.6 Å². The summed E-state index contributed by atoms with van der Waals surface area (Å²) < 4.78 is 19.5. The first-order valence-electron chi connectivity index (χ1n) is 18.0. The Labute approximate surface area is 308 Å². The Morgan fingerprint density at radius 3 is 2.75 bits per heavy atom. The minimum atomic E-state index is -1.12. The molecule has 3 aliphatic rings. The van der Waals surface area contributed by atoms with Gasteiger partial charge in [0.25, 0.3) is 0 Å². The summed E-state index contributed by atoms with van der Waals surface area (Å²) in [5.41, 5.74) is 8.46. The third kappa shape index (κ3) is 7.84. The molecule has 3 aromatic rings. The molecule has 1 unspecified atom stereocenters. The Morgan fingerprint density at radius 2 is 2.08 bits per heavy atom. The summed E-state index contributed by atoms with van der Waals surface area (Å²) >= 11 is 0. The number of rotatable bonds is 12. The SMILES string of the molecule is C/C=C(/C)C(=O)O[C@@H]1Cc2c(c([C@H](Cc3cccc(O)c3)C3=CCNC(N)=C3)c3oc(CO)cc(=O)c3c2O)O[C@@]1(C)CCC1=CNC(NCC)C=C1. The average molecular weight is 725 g/mol. The molecule has 280 valence electrons. The van der Waals surface area contributed by atoms with Gasteiger partial charge in [0.2, 0.25) is 0 Å². The number of esters is 1. The van der Waals surface area contributed by atoms with Crippen molar-refractivity contribution in [2.24, 2.45) is 5.73 Å². The Bertz CT molecular complexity index is 2110. The largest absolute Gasteiger partial charge is 0.508 e. The predicted octanol–water partition coefficient (Wildman–Crippen LogP) is 4.68. The summed E-state index contributed by atoms with van der Waals surface area (Å²) in [6.45, 7) is 8.05. The number of allylic oxidation sites excluding steroid dienone is 5. The molecule has 0 saturated carbocycles. The number of phenols is 2. The van der Waals surface area contributed by atoms with Gasteiger partial charge in [-0.1, -0.05) is 37.3 Å². The monoisotopic (exact) mass is 724 g/mol. The van der Waals surface area contributed by atoms with E-state index in [2.05, 4.69) is 22.0 Å². The maximum atomic E-state index is 13.8. The van der Waals surface area contributed by atoms with Gasteiger partial charge < -0.3 is 45.6 Å². The van der Waals surface area contributed by atoms with E-state index in [1.807, 2.05) is 38.3 Å². The molecule has 8 N–H and O–H groups in total. The number of ether oxygens (including phenoxy) is 2. The number of benzene rings is 2. The molecule has 53 heavy (non-hydrogen) atoms. The third-order valence-corrected chi connectivity index (χ3v) is 10.2. The van der Waals surface area contributed by atoms with Gasteiger partial charge >= 0.3 is 5.97 Å². The summed E-state index contributed by atoms with van der Waals surface area (Å²) in [6.07, 6.45) is 12.0. The summed E-state index contributed by atoms with van der Waals surface area (Å²) in [7, 11) is 0. The zero-order chi connectivity index (χ0) is 37.9. The van der Waals surface area contributed by atoms with E-state index in [0.717, 1.165) is 29.3 Å². The van der Waals surface area contributed by atoms with Gasteiger partial charge in [0.05, 0.1) is 12.0 Å². The van der Waals surface area contributed by atoms with Crippen LogP contribution in [0, 0.1) is 0 Å². The van der Waals surface area contributed by atoms with Gasteiger partial charge in [-0.05, 0) is 87.6 Å². The molecule has 1 aromatic heterocycles. The van der Waals surface area contributed by atoms with Gasteiger partial charge in [-0.25, -0.2) is 4.79 Å². The minimum Gasteiger partial charge on any atom is -0.508 e. The van der Waals surface area contributed by atoms with Crippen molar-refractivity contribution in [2.45, 2.75) is 83.8 Å². The predicted molar refractivity (Wildman–Crippen MR) is 202 cm³/mol. The molecule has 0 amide bonds. The van der Waals surface area contributed by atoms with Crippen molar-refractivity contribution in [3.63, 3.8) is 0 Å². The second-order valence-corrected chi connectivity index (χ2v) is 13.9. The van der Waals surface area contributed by atoms with Crippen LogP contribution in [0.15, 0.2) is 98.7 Å². The van der Waals surface area contributed by atoms with E-state index >= 15 is 0 Å². The molecule has 0 fully saturated rings. The maximum Gasteiger partial charge on any atom is 0.333 e. The Morgan fingerprint density at radius 1 is 1.26 bits per heavy atom. The van der Waals surface area contributed by atoms with Crippen LogP contribution < -0.4 is 31.8 Å². The molecular weight excluding hydrogens is 676 g/mol. The van der Waals surface area contributed by atoms with Crippen LogP contribution in [0.4, 0.5) is 0 Å². The highest BCUT2D eigenvalue weighted by molar-refractivity contribution is 5.92. The van der Waals surface area contributed by atoms with E-state index in [4.69, 9.17) is 19.6 Å². The summed E-state index contributed by atoms with van der Waals surface area (Å²) in [6, 6.07) is 8.04. The van der Waals surface area contributed by atoms with E-state index in [1.165, 1.54) is 0 Å². The molecule has 0 aliphatic carbocycles. The molecule has 12 nitrogen and oxygen atoms in total. The molecule has 4 heterocycles. The third-order valence-electron chi connectivity index (χ3n) is 10.2. The van der Waals surface area contributed by atoms with E-state index in [-0.39, 0.29) is 40.8 Å². The standard InChI is InChI=1S/C41H48N4O8/c1-5-23(3)40(50)52-32-20-30-37(49)36-31(48)19-28(22-46)51-39(36)35(29(26-13-15-44-33(42)18-26)17-25-8-7-9-27(47)16-25)38(30)53-41(32,4)14-12-24-10-11-34(43-6-2)45-21-24/h5,7-11,13,16,18-19,21,29,32,34,43-47,49H,6,12,14-15,17,20,22,42H2,1-4H3/b23-5-/t29-,32-,34?,41+/m1/s1. The Hall–Kier alpha value is -5.46. The smallest absolute Gasteiger partial charge is 0.333 e. The van der Waals surface area contributed by atoms with Crippen molar-refractivity contribution in [3.05, 3.63) is 122 Å². The van der Waals surface area contributed by atoms with Crippen LogP contribution in [-0.2, 0) is 29.0 Å². The van der Waals surface area contributed by atoms with Crippen LogP contribution in [0.1, 0.15) is 68.9 Å². The first kappa shape index (κ1) is 37.3. The number of nitrogens with one attached hydrogen (secondary N) is 3. The quantitative estimate of drug-likeness (QED) is 0.101. The van der Waals surface area contributed by atoms with E-state index in [0.29, 0.717) is 54.1 Å². The molecule has 4 atom stereocenters. The lowest BCUT2D eigenvalue weighted by molar-refractivity contribution is -0.158. The average Bonchev–Trinajstić information content (AvgIpc) is 3.14. The lowest BCUT2D eigenvalue weighted by Crippen LogP contribution is -2.51. The zero-order valence-corrected chi connectivity index (χ0v) is 30.5. The van der Waals surface area contributed by atoms with Crippen LogP contribution in [0.3, 0.4) is 0 Å². The first-order chi connectivity index (χ1) is 25.4. The molecule has 0 bridgehead atoms.